The van der Waals surface area contributed by atoms with Crippen molar-refractivity contribution in [1.82, 2.24) is 9.78 Å². The predicted octanol–water partition coefficient (Wildman–Crippen LogP) is 4.84. The monoisotopic (exact) mass is 354 g/mol. The maximum Gasteiger partial charge on any atom is 0.0850 e. The SMILES string of the molecule is CCc1nn(CC)c(CC(CBr)c2ccccc2)c1Cl. The number of benzene rings is 1. The molecule has 1 aromatic heterocycles. The molecule has 0 aliphatic rings. The van der Waals surface area contributed by atoms with E-state index in [1.165, 1.54) is 5.56 Å². The Kier molecular flexibility index (Phi) is 5.67. The molecule has 0 amide bonds. The van der Waals surface area contributed by atoms with Crippen LogP contribution in [0, 0.1) is 0 Å². The fraction of sp³-hybridized carbons (Fsp3) is 0.438. The van der Waals surface area contributed by atoms with E-state index in [1.807, 2.05) is 10.7 Å². The van der Waals surface area contributed by atoms with Crippen LogP contribution in [0.15, 0.2) is 30.3 Å². The van der Waals surface area contributed by atoms with Crippen molar-refractivity contribution >= 4 is 27.5 Å². The van der Waals surface area contributed by atoms with Gasteiger partial charge < -0.3 is 0 Å². The topological polar surface area (TPSA) is 17.8 Å². The molecule has 0 aliphatic heterocycles. The second-order valence-electron chi connectivity index (χ2n) is 4.84. The number of halogens is 2. The van der Waals surface area contributed by atoms with Gasteiger partial charge in [0.05, 0.1) is 16.4 Å². The molecule has 2 nitrogen and oxygen atoms in total. The molecule has 0 N–H and O–H groups in total. The van der Waals surface area contributed by atoms with E-state index in [0.717, 1.165) is 41.1 Å². The van der Waals surface area contributed by atoms with Crippen molar-refractivity contribution in [2.45, 2.75) is 39.2 Å². The van der Waals surface area contributed by atoms with Crippen molar-refractivity contribution in [2.75, 3.05) is 5.33 Å². The Morgan fingerprint density at radius 3 is 2.50 bits per heavy atom. The quantitative estimate of drug-likeness (QED) is 0.678. The highest BCUT2D eigenvalue weighted by Crippen LogP contribution is 2.29. The summed E-state index contributed by atoms with van der Waals surface area (Å²) >= 11 is 10.1. The Bertz CT molecular complexity index is 551. The van der Waals surface area contributed by atoms with Crippen molar-refractivity contribution in [2.24, 2.45) is 0 Å². The van der Waals surface area contributed by atoms with Gasteiger partial charge in [-0.25, -0.2) is 0 Å². The van der Waals surface area contributed by atoms with Gasteiger partial charge >= 0.3 is 0 Å². The van der Waals surface area contributed by atoms with Gasteiger partial charge in [0.25, 0.3) is 0 Å². The van der Waals surface area contributed by atoms with Gasteiger partial charge in [-0.15, -0.1) is 0 Å². The Balaban J connectivity index is 2.30. The number of aryl methyl sites for hydroxylation is 2. The summed E-state index contributed by atoms with van der Waals surface area (Å²) < 4.78 is 2.04. The smallest absolute Gasteiger partial charge is 0.0850 e. The summed E-state index contributed by atoms with van der Waals surface area (Å²) in [5, 5.41) is 6.36. The minimum atomic E-state index is 0.417. The molecule has 1 heterocycles. The van der Waals surface area contributed by atoms with E-state index < -0.39 is 0 Å². The molecule has 1 unspecified atom stereocenters. The summed E-state index contributed by atoms with van der Waals surface area (Å²) in [6.45, 7) is 5.06. The van der Waals surface area contributed by atoms with Crippen LogP contribution in [0.3, 0.4) is 0 Å². The average molecular weight is 356 g/mol. The largest absolute Gasteiger partial charge is 0.268 e. The third kappa shape index (κ3) is 3.26. The van der Waals surface area contributed by atoms with Crippen LogP contribution in [0.1, 0.15) is 36.7 Å². The second-order valence-corrected chi connectivity index (χ2v) is 5.87. The highest BCUT2D eigenvalue weighted by atomic mass is 79.9. The van der Waals surface area contributed by atoms with Gasteiger partial charge in [0.2, 0.25) is 0 Å². The predicted molar refractivity (Wildman–Crippen MR) is 89.0 cm³/mol. The first-order valence-electron chi connectivity index (χ1n) is 7.06. The maximum absolute atomic E-state index is 6.50. The molecular formula is C16H20BrClN2. The molecule has 108 valence electrons. The molecule has 4 heteroatoms. The van der Waals surface area contributed by atoms with Crippen LogP contribution in [-0.4, -0.2) is 15.1 Å². The van der Waals surface area contributed by atoms with Gasteiger partial charge in [0, 0.05) is 11.9 Å². The van der Waals surface area contributed by atoms with E-state index in [4.69, 9.17) is 11.6 Å². The van der Waals surface area contributed by atoms with Crippen LogP contribution < -0.4 is 0 Å². The zero-order chi connectivity index (χ0) is 14.5. The molecule has 0 spiro atoms. The Labute approximate surface area is 134 Å². The van der Waals surface area contributed by atoms with Gasteiger partial charge in [-0.1, -0.05) is 64.8 Å². The van der Waals surface area contributed by atoms with Crippen LogP contribution >= 0.6 is 27.5 Å². The highest BCUT2D eigenvalue weighted by molar-refractivity contribution is 9.09. The van der Waals surface area contributed by atoms with Crippen LogP contribution in [0.25, 0.3) is 0 Å². The Morgan fingerprint density at radius 1 is 1.25 bits per heavy atom. The van der Waals surface area contributed by atoms with Crippen molar-refractivity contribution in [3.63, 3.8) is 0 Å². The van der Waals surface area contributed by atoms with Crippen LogP contribution in [0.4, 0.5) is 0 Å². The molecule has 2 rings (SSSR count). The molecule has 2 aromatic rings. The van der Waals surface area contributed by atoms with Crippen molar-refractivity contribution in [3.8, 4) is 0 Å². The zero-order valence-electron chi connectivity index (χ0n) is 11.9. The first-order chi connectivity index (χ1) is 9.71. The first-order valence-corrected chi connectivity index (χ1v) is 8.56. The number of nitrogens with zero attached hydrogens (tertiary/aromatic N) is 2. The van der Waals surface area contributed by atoms with E-state index in [0.29, 0.717) is 5.92 Å². The lowest BCUT2D eigenvalue weighted by Gasteiger charge is -2.15. The standard InChI is InChI=1S/C16H20BrClN2/c1-3-14-16(18)15(20(4-2)19-14)10-13(11-17)12-8-6-5-7-9-12/h5-9,13H,3-4,10-11H2,1-2H3. The molecular weight excluding hydrogens is 336 g/mol. The first kappa shape index (κ1) is 15.6. The zero-order valence-corrected chi connectivity index (χ0v) is 14.3. The van der Waals surface area contributed by atoms with E-state index >= 15 is 0 Å². The molecule has 20 heavy (non-hydrogen) atoms. The fourth-order valence-electron chi connectivity index (χ4n) is 2.43. The summed E-state index contributed by atoms with van der Waals surface area (Å²) in [6, 6.07) is 10.6. The summed E-state index contributed by atoms with van der Waals surface area (Å²) in [5.74, 6) is 0.417. The third-order valence-electron chi connectivity index (χ3n) is 3.59. The van der Waals surface area contributed by atoms with Gasteiger partial charge in [-0.2, -0.15) is 5.10 Å². The summed E-state index contributed by atoms with van der Waals surface area (Å²) in [4.78, 5) is 0. The lowest BCUT2D eigenvalue weighted by atomic mass is 9.96. The maximum atomic E-state index is 6.50. The Hall–Kier alpha value is -0.800. The van der Waals surface area contributed by atoms with Gasteiger partial charge in [-0.05, 0) is 31.2 Å². The van der Waals surface area contributed by atoms with E-state index in [-0.39, 0.29) is 0 Å². The van der Waals surface area contributed by atoms with Crippen molar-refractivity contribution in [1.29, 1.82) is 0 Å². The lowest BCUT2D eigenvalue weighted by molar-refractivity contribution is 0.595. The van der Waals surface area contributed by atoms with Gasteiger partial charge in [0.1, 0.15) is 0 Å². The van der Waals surface area contributed by atoms with Gasteiger partial charge in [-0.3, -0.25) is 4.68 Å². The normalized spacial score (nSPS) is 12.6. The summed E-state index contributed by atoms with van der Waals surface area (Å²) in [7, 11) is 0. The third-order valence-corrected chi connectivity index (χ3v) is 4.81. The molecule has 0 aliphatic carbocycles. The summed E-state index contributed by atoms with van der Waals surface area (Å²) in [5.41, 5.74) is 3.49. The molecule has 1 aromatic carbocycles. The molecule has 0 bridgehead atoms. The van der Waals surface area contributed by atoms with E-state index in [2.05, 4.69) is 59.1 Å². The van der Waals surface area contributed by atoms with Crippen LogP contribution in [0.5, 0.6) is 0 Å². The lowest BCUT2D eigenvalue weighted by Crippen LogP contribution is -2.10. The summed E-state index contributed by atoms with van der Waals surface area (Å²) in [6.07, 6.45) is 1.79. The molecule has 0 saturated heterocycles. The van der Waals surface area contributed by atoms with Crippen LogP contribution in [0.2, 0.25) is 5.02 Å². The number of alkyl halides is 1. The number of hydrogen-bond donors (Lipinski definition) is 0. The minimum Gasteiger partial charge on any atom is -0.268 e. The van der Waals surface area contributed by atoms with Crippen LogP contribution in [-0.2, 0) is 19.4 Å². The fourth-order valence-corrected chi connectivity index (χ4v) is 3.38. The molecule has 0 saturated carbocycles. The van der Waals surface area contributed by atoms with E-state index in [9.17, 15) is 0 Å². The molecule has 1 atom stereocenters. The average Bonchev–Trinajstić information content (AvgIpc) is 2.81. The molecule has 0 radical (unpaired) electrons. The second kappa shape index (κ2) is 7.28. The number of rotatable bonds is 6. The van der Waals surface area contributed by atoms with Gasteiger partial charge in [0.15, 0.2) is 0 Å². The molecule has 0 fully saturated rings. The number of aromatic nitrogens is 2. The highest BCUT2D eigenvalue weighted by Gasteiger charge is 2.19. The number of hydrogen-bond acceptors (Lipinski definition) is 1. The van der Waals surface area contributed by atoms with E-state index in [1.54, 1.807) is 0 Å². The van der Waals surface area contributed by atoms with Crippen molar-refractivity contribution < 1.29 is 0 Å². The minimum absolute atomic E-state index is 0.417. The Morgan fingerprint density at radius 2 is 1.95 bits per heavy atom. The van der Waals surface area contributed by atoms with Crippen molar-refractivity contribution in [3.05, 3.63) is 52.3 Å².